The lowest BCUT2D eigenvalue weighted by atomic mass is 9.77. The molecule has 0 amide bonds. The smallest absolute Gasteiger partial charge is 0.138 e. The lowest BCUT2D eigenvalue weighted by Crippen LogP contribution is -2.37. The summed E-state index contributed by atoms with van der Waals surface area (Å²) in [5, 5.41) is 28.9. The maximum absolute atomic E-state index is 12.2. The number of carbonyl (C=O) groups excluding carboxylic acids is 1. The molecule has 0 aromatic heterocycles. The molecular weight excluding hydrogens is 232 g/mol. The Balaban J connectivity index is 1.83. The highest BCUT2D eigenvalue weighted by Gasteiger charge is 2.34. The van der Waals surface area contributed by atoms with Gasteiger partial charge in [-0.25, -0.2) is 0 Å². The van der Waals surface area contributed by atoms with Crippen LogP contribution in [0.15, 0.2) is 0 Å². The average Bonchev–Trinajstić information content (AvgIpc) is 2.28. The average molecular weight is 256 g/mol. The van der Waals surface area contributed by atoms with E-state index in [9.17, 15) is 20.1 Å². The van der Waals surface area contributed by atoms with Crippen molar-refractivity contribution in [1.29, 1.82) is 0 Å². The molecule has 5 unspecified atom stereocenters. The molecule has 0 aliphatic heterocycles. The third kappa shape index (κ3) is 3.53. The topological polar surface area (TPSA) is 77.8 Å². The Labute approximate surface area is 108 Å². The Hall–Kier alpha value is -0.450. The lowest BCUT2D eigenvalue weighted by molar-refractivity contribution is -0.131. The van der Waals surface area contributed by atoms with Crippen LogP contribution in [0.3, 0.4) is 0 Å². The second kappa shape index (κ2) is 6.13. The number of ketones is 1. The second-order valence-electron chi connectivity index (χ2n) is 6.00. The predicted molar refractivity (Wildman–Crippen MR) is 66.9 cm³/mol. The van der Waals surface area contributed by atoms with Crippen molar-refractivity contribution in [3.63, 3.8) is 0 Å². The molecule has 0 saturated heterocycles. The standard InChI is InChI=1S/C14H24O4/c15-10-3-1-2-9(6-10)7-13(17)12-5-4-11(16)8-14(12)18/h9-12,14-16,18H,1-8H2. The van der Waals surface area contributed by atoms with Gasteiger partial charge in [0.2, 0.25) is 0 Å². The van der Waals surface area contributed by atoms with Gasteiger partial charge in [0.25, 0.3) is 0 Å². The van der Waals surface area contributed by atoms with Gasteiger partial charge in [0.15, 0.2) is 0 Å². The fourth-order valence-corrected chi connectivity index (χ4v) is 3.38. The van der Waals surface area contributed by atoms with Gasteiger partial charge in [0.1, 0.15) is 5.78 Å². The molecule has 2 saturated carbocycles. The largest absolute Gasteiger partial charge is 0.393 e. The summed E-state index contributed by atoms with van der Waals surface area (Å²) in [6.07, 6.45) is 4.18. The van der Waals surface area contributed by atoms with E-state index in [0.717, 1.165) is 25.7 Å². The molecule has 18 heavy (non-hydrogen) atoms. The van der Waals surface area contributed by atoms with Crippen molar-refractivity contribution in [1.82, 2.24) is 0 Å². The number of Topliss-reactive ketones (excluding diaryl/α,β-unsaturated/α-hetero) is 1. The van der Waals surface area contributed by atoms with Crippen molar-refractivity contribution in [2.45, 2.75) is 69.7 Å². The summed E-state index contributed by atoms with van der Waals surface area (Å²) in [6, 6.07) is 0. The van der Waals surface area contributed by atoms with Crippen LogP contribution in [-0.4, -0.2) is 39.4 Å². The van der Waals surface area contributed by atoms with Crippen LogP contribution in [-0.2, 0) is 4.79 Å². The minimum Gasteiger partial charge on any atom is -0.393 e. The van der Waals surface area contributed by atoms with Gasteiger partial charge >= 0.3 is 0 Å². The van der Waals surface area contributed by atoms with Crippen molar-refractivity contribution in [3.05, 3.63) is 0 Å². The predicted octanol–water partition coefficient (Wildman–Crippen LogP) is 1.02. The summed E-state index contributed by atoms with van der Waals surface area (Å²) < 4.78 is 0. The Bertz CT molecular complexity index is 292. The molecule has 0 spiro atoms. The normalized spacial score (nSPS) is 41.6. The molecule has 0 radical (unpaired) electrons. The quantitative estimate of drug-likeness (QED) is 0.704. The van der Waals surface area contributed by atoms with Crippen LogP contribution in [0.25, 0.3) is 0 Å². The first kappa shape index (κ1) is 14.0. The number of hydrogen-bond donors (Lipinski definition) is 3. The molecule has 4 nitrogen and oxygen atoms in total. The van der Waals surface area contributed by atoms with E-state index in [1.165, 1.54) is 0 Å². The summed E-state index contributed by atoms with van der Waals surface area (Å²) in [4.78, 5) is 12.2. The van der Waals surface area contributed by atoms with E-state index in [1.54, 1.807) is 0 Å². The summed E-state index contributed by atoms with van der Waals surface area (Å²) in [5.74, 6) is 0.0984. The number of hydrogen-bond acceptors (Lipinski definition) is 4. The molecule has 2 aliphatic carbocycles. The highest BCUT2D eigenvalue weighted by atomic mass is 16.3. The zero-order chi connectivity index (χ0) is 13.1. The maximum atomic E-state index is 12.2. The van der Waals surface area contributed by atoms with Gasteiger partial charge in [-0.05, 0) is 44.4 Å². The molecule has 4 heteroatoms. The molecule has 0 aromatic rings. The fraction of sp³-hybridized carbons (Fsp3) is 0.929. The first-order valence-electron chi connectivity index (χ1n) is 7.13. The van der Waals surface area contributed by atoms with Crippen LogP contribution in [0.1, 0.15) is 51.4 Å². The van der Waals surface area contributed by atoms with Crippen LogP contribution in [0.5, 0.6) is 0 Å². The van der Waals surface area contributed by atoms with E-state index < -0.39 is 12.2 Å². The van der Waals surface area contributed by atoms with Gasteiger partial charge in [0, 0.05) is 12.3 Å². The fourth-order valence-electron chi connectivity index (χ4n) is 3.38. The third-order valence-electron chi connectivity index (χ3n) is 4.45. The summed E-state index contributed by atoms with van der Waals surface area (Å²) in [5.41, 5.74) is 0. The van der Waals surface area contributed by atoms with Gasteiger partial charge in [-0.1, -0.05) is 6.42 Å². The Morgan fingerprint density at radius 3 is 2.33 bits per heavy atom. The zero-order valence-electron chi connectivity index (χ0n) is 10.8. The van der Waals surface area contributed by atoms with E-state index >= 15 is 0 Å². The molecule has 0 aromatic carbocycles. The molecule has 0 bridgehead atoms. The summed E-state index contributed by atoms with van der Waals surface area (Å²) >= 11 is 0. The number of rotatable bonds is 3. The zero-order valence-corrected chi connectivity index (χ0v) is 10.8. The SMILES string of the molecule is O=C(CC1CCCC(O)C1)C1CCC(O)CC1O. The second-order valence-corrected chi connectivity index (χ2v) is 6.00. The van der Waals surface area contributed by atoms with Crippen molar-refractivity contribution in [3.8, 4) is 0 Å². The first-order chi connectivity index (χ1) is 8.56. The highest BCUT2D eigenvalue weighted by molar-refractivity contribution is 5.81. The third-order valence-corrected chi connectivity index (χ3v) is 4.45. The van der Waals surface area contributed by atoms with E-state index in [4.69, 9.17) is 0 Å². The first-order valence-corrected chi connectivity index (χ1v) is 7.13. The number of aliphatic hydroxyl groups excluding tert-OH is 3. The van der Waals surface area contributed by atoms with Crippen LogP contribution in [0.2, 0.25) is 0 Å². The van der Waals surface area contributed by atoms with E-state index in [1.807, 2.05) is 0 Å². The molecule has 2 rings (SSSR count). The van der Waals surface area contributed by atoms with Gasteiger partial charge < -0.3 is 15.3 Å². The molecule has 0 heterocycles. The van der Waals surface area contributed by atoms with E-state index in [2.05, 4.69) is 0 Å². The van der Waals surface area contributed by atoms with Crippen molar-refractivity contribution in [2.75, 3.05) is 0 Å². The maximum Gasteiger partial charge on any atom is 0.138 e. The van der Waals surface area contributed by atoms with Crippen LogP contribution in [0, 0.1) is 11.8 Å². The molecule has 3 N–H and O–H groups in total. The Kier molecular flexibility index (Phi) is 4.76. The molecule has 5 atom stereocenters. The minimum absolute atomic E-state index is 0.119. The van der Waals surface area contributed by atoms with Gasteiger partial charge in [-0.15, -0.1) is 0 Å². The monoisotopic (exact) mass is 256 g/mol. The molecule has 2 aliphatic rings. The molecular formula is C14H24O4. The Morgan fingerprint density at radius 2 is 1.67 bits per heavy atom. The van der Waals surface area contributed by atoms with Crippen LogP contribution in [0.4, 0.5) is 0 Å². The van der Waals surface area contributed by atoms with E-state index in [0.29, 0.717) is 25.7 Å². The van der Waals surface area contributed by atoms with Crippen LogP contribution < -0.4 is 0 Å². The highest BCUT2D eigenvalue weighted by Crippen LogP contribution is 2.31. The van der Waals surface area contributed by atoms with Gasteiger partial charge in [0.05, 0.1) is 18.3 Å². The number of carbonyl (C=O) groups is 1. The van der Waals surface area contributed by atoms with E-state index in [-0.39, 0.29) is 23.7 Å². The van der Waals surface area contributed by atoms with Crippen molar-refractivity contribution >= 4 is 5.78 Å². The summed E-state index contributed by atoms with van der Waals surface area (Å²) in [6.45, 7) is 0. The number of aliphatic hydroxyl groups is 3. The molecule has 2 fully saturated rings. The van der Waals surface area contributed by atoms with Gasteiger partial charge in [-0.3, -0.25) is 4.79 Å². The Morgan fingerprint density at radius 1 is 0.944 bits per heavy atom. The molecule has 104 valence electrons. The summed E-state index contributed by atoms with van der Waals surface area (Å²) in [7, 11) is 0. The van der Waals surface area contributed by atoms with Crippen molar-refractivity contribution < 1.29 is 20.1 Å². The van der Waals surface area contributed by atoms with Crippen molar-refractivity contribution in [2.24, 2.45) is 11.8 Å². The van der Waals surface area contributed by atoms with Crippen LogP contribution >= 0.6 is 0 Å². The minimum atomic E-state index is -0.685. The lowest BCUT2D eigenvalue weighted by Gasteiger charge is -2.32. The van der Waals surface area contributed by atoms with Gasteiger partial charge in [-0.2, -0.15) is 0 Å².